The molecule has 1 fully saturated rings. The lowest BCUT2D eigenvalue weighted by Gasteiger charge is -2.29. The quantitative estimate of drug-likeness (QED) is 0.669. The first-order valence-electron chi connectivity index (χ1n) is 6.62. The van der Waals surface area contributed by atoms with E-state index < -0.39 is 0 Å². The maximum absolute atomic E-state index is 12.6. The normalized spacial score (nSPS) is 23.9. The zero-order valence-corrected chi connectivity index (χ0v) is 12.9. The van der Waals surface area contributed by atoms with Crippen LogP contribution < -0.4 is 0 Å². The summed E-state index contributed by atoms with van der Waals surface area (Å²) in [6.45, 7) is 2.18. The molecule has 18 heavy (non-hydrogen) atoms. The van der Waals surface area contributed by atoms with Crippen LogP contribution in [0.5, 0.6) is 0 Å². The molecule has 0 heterocycles. The molecule has 1 aromatic rings. The number of ketones is 1. The molecule has 0 spiro atoms. The van der Waals surface area contributed by atoms with Crippen molar-refractivity contribution in [3.05, 3.63) is 33.3 Å². The van der Waals surface area contributed by atoms with Gasteiger partial charge in [0.15, 0.2) is 5.78 Å². The van der Waals surface area contributed by atoms with Crippen molar-refractivity contribution in [2.45, 2.75) is 39.0 Å². The van der Waals surface area contributed by atoms with Crippen LogP contribution in [0, 0.1) is 11.8 Å². The maximum atomic E-state index is 12.6. The van der Waals surface area contributed by atoms with Crippen molar-refractivity contribution in [1.29, 1.82) is 0 Å². The Hall–Kier alpha value is -0.340. The average Bonchev–Trinajstić information content (AvgIpc) is 2.38. The van der Waals surface area contributed by atoms with Gasteiger partial charge in [-0.25, -0.2) is 0 Å². The van der Waals surface area contributed by atoms with Crippen molar-refractivity contribution in [3.63, 3.8) is 0 Å². The molecule has 1 saturated carbocycles. The van der Waals surface area contributed by atoms with E-state index in [2.05, 4.69) is 22.9 Å². The summed E-state index contributed by atoms with van der Waals surface area (Å²) in [5.74, 6) is 0.937. The van der Waals surface area contributed by atoms with Gasteiger partial charge in [0.2, 0.25) is 0 Å². The fraction of sp³-hybridized carbons (Fsp3) is 0.533. The van der Waals surface area contributed by atoms with Gasteiger partial charge < -0.3 is 0 Å². The summed E-state index contributed by atoms with van der Waals surface area (Å²) in [6.07, 6.45) is 5.72. The molecular formula is C15H18BrClO. The molecule has 1 aliphatic carbocycles. The van der Waals surface area contributed by atoms with Gasteiger partial charge in [-0.05, 0) is 37.0 Å². The van der Waals surface area contributed by atoms with Gasteiger partial charge in [-0.1, -0.05) is 53.7 Å². The first-order valence-corrected chi connectivity index (χ1v) is 7.79. The Morgan fingerprint density at radius 2 is 2.11 bits per heavy atom. The highest BCUT2D eigenvalue weighted by molar-refractivity contribution is 9.10. The van der Waals surface area contributed by atoms with Gasteiger partial charge in [0.05, 0.1) is 5.02 Å². The molecule has 0 aromatic heterocycles. The average molecular weight is 330 g/mol. The number of carbonyl (C=O) groups excluding carboxylic acids is 1. The van der Waals surface area contributed by atoms with Crippen LogP contribution in [0.15, 0.2) is 22.7 Å². The summed E-state index contributed by atoms with van der Waals surface area (Å²) in [4.78, 5) is 12.6. The second kappa shape index (κ2) is 6.21. The molecule has 3 heteroatoms. The van der Waals surface area contributed by atoms with Gasteiger partial charge >= 0.3 is 0 Å². The Balaban J connectivity index is 2.24. The summed E-state index contributed by atoms with van der Waals surface area (Å²) in [7, 11) is 0. The Bertz CT molecular complexity index is 444. The largest absolute Gasteiger partial charge is 0.294 e. The van der Waals surface area contributed by atoms with Gasteiger partial charge in [0.1, 0.15) is 0 Å². The highest BCUT2D eigenvalue weighted by Crippen LogP contribution is 2.36. The topological polar surface area (TPSA) is 17.1 Å². The third-order valence-electron chi connectivity index (χ3n) is 3.97. The van der Waals surface area contributed by atoms with E-state index in [0.717, 1.165) is 17.3 Å². The molecule has 1 aliphatic rings. The number of rotatable bonds is 3. The van der Waals surface area contributed by atoms with E-state index in [-0.39, 0.29) is 11.7 Å². The van der Waals surface area contributed by atoms with Gasteiger partial charge in [0, 0.05) is 16.0 Å². The summed E-state index contributed by atoms with van der Waals surface area (Å²) in [5.41, 5.74) is 0.685. The molecule has 2 atom stereocenters. The number of Topliss-reactive ketones (excluding diaryl/α,β-unsaturated/α-hetero) is 1. The lowest BCUT2D eigenvalue weighted by Crippen LogP contribution is -2.27. The van der Waals surface area contributed by atoms with Crippen LogP contribution in [-0.4, -0.2) is 5.78 Å². The lowest BCUT2D eigenvalue weighted by atomic mass is 9.74. The predicted octanol–water partition coefficient (Wildman–Crippen LogP) is 5.50. The van der Waals surface area contributed by atoms with E-state index in [1.54, 1.807) is 6.07 Å². The summed E-state index contributed by atoms with van der Waals surface area (Å²) in [6, 6.07) is 5.54. The molecule has 1 aromatic carbocycles. The highest BCUT2D eigenvalue weighted by atomic mass is 79.9. The number of hydrogen-bond donors (Lipinski definition) is 0. The molecular weight excluding hydrogens is 312 g/mol. The zero-order valence-electron chi connectivity index (χ0n) is 10.6. The van der Waals surface area contributed by atoms with Crippen LogP contribution in [0.2, 0.25) is 5.02 Å². The first kappa shape index (κ1) is 14.1. The van der Waals surface area contributed by atoms with Crippen LogP contribution >= 0.6 is 27.5 Å². The Labute approximate surface area is 122 Å². The fourth-order valence-electron chi connectivity index (χ4n) is 2.93. The molecule has 2 rings (SSSR count). The SMILES string of the molecule is CCC1CCCCC1C(=O)c1ccc(Br)cc1Cl. The molecule has 2 unspecified atom stereocenters. The van der Waals surface area contributed by atoms with Gasteiger partial charge in [-0.2, -0.15) is 0 Å². The standard InChI is InChI=1S/C15H18BrClO/c1-2-10-5-3-4-6-12(10)15(18)13-8-7-11(16)9-14(13)17/h7-10,12H,2-6H2,1H3. The minimum atomic E-state index is 0.169. The van der Waals surface area contributed by atoms with Crippen LogP contribution in [0.3, 0.4) is 0 Å². The number of hydrogen-bond acceptors (Lipinski definition) is 1. The van der Waals surface area contributed by atoms with Crippen molar-refractivity contribution >= 4 is 33.3 Å². The minimum absolute atomic E-state index is 0.169. The molecule has 0 bridgehead atoms. The van der Waals surface area contributed by atoms with Gasteiger partial charge in [-0.3, -0.25) is 4.79 Å². The smallest absolute Gasteiger partial charge is 0.167 e. The van der Waals surface area contributed by atoms with E-state index in [4.69, 9.17) is 11.6 Å². The van der Waals surface area contributed by atoms with Gasteiger partial charge in [-0.15, -0.1) is 0 Å². The maximum Gasteiger partial charge on any atom is 0.167 e. The minimum Gasteiger partial charge on any atom is -0.294 e. The second-order valence-corrected chi connectivity index (χ2v) is 6.37. The monoisotopic (exact) mass is 328 g/mol. The van der Waals surface area contributed by atoms with Crippen LogP contribution in [-0.2, 0) is 0 Å². The van der Waals surface area contributed by atoms with Crippen molar-refractivity contribution in [1.82, 2.24) is 0 Å². The highest BCUT2D eigenvalue weighted by Gasteiger charge is 2.31. The Morgan fingerprint density at radius 1 is 1.39 bits per heavy atom. The van der Waals surface area contributed by atoms with Gasteiger partial charge in [0.25, 0.3) is 0 Å². The van der Waals surface area contributed by atoms with Crippen LogP contribution in [0.1, 0.15) is 49.4 Å². The number of halogens is 2. The summed E-state index contributed by atoms with van der Waals surface area (Å²) in [5, 5.41) is 0.565. The third kappa shape index (κ3) is 2.97. The van der Waals surface area contributed by atoms with E-state index in [0.29, 0.717) is 16.5 Å². The molecule has 0 amide bonds. The Morgan fingerprint density at radius 3 is 2.78 bits per heavy atom. The predicted molar refractivity (Wildman–Crippen MR) is 79.2 cm³/mol. The molecule has 0 aliphatic heterocycles. The zero-order chi connectivity index (χ0) is 13.1. The summed E-state index contributed by atoms with van der Waals surface area (Å²) >= 11 is 9.55. The van der Waals surface area contributed by atoms with E-state index in [1.165, 1.54) is 19.3 Å². The van der Waals surface area contributed by atoms with E-state index >= 15 is 0 Å². The number of carbonyl (C=O) groups is 1. The van der Waals surface area contributed by atoms with Crippen LogP contribution in [0.4, 0.5) is 0 Å². The van der Waals surface area contributed by atoms with Crippen LogP contribution in [0.25, 0.3) is 0 Å². The van der Waals surface area contributed by atoms with Crippen molar-refractivity contribution in [2.24, 2.45) is 11.8 Å². The molecule has 0 saturated heterocycles. The fourth-order valence-corrected chi connectivity index (χ4v) is 3.70. The summed E-state index contributed by atoms with van der Waals surface area (Å²) < 4.78 is 0.916. The molecule has 98 valence electrons. The molecule has 0 radical (unpaired) electrons. The molecule has 1 nitrogen and oxygen atoms in total. The lowest BCUT2D eigenvalue weighted by molar-refractivity contribution is 0.0820. The van der Waals surface area contributed by atoms with Crippen molar-refractivity contribution in [3.8, 4) is 0 Å². The number of benzene rings is 1. The van der Waals surface area contributed by atoms with E-state index in [1.807, 2.05) is 12.1 Å². The Kier molecular flexibility index (Phi) is 4.85. The van der Waals surface area contributed by atoms with Crippen molar-refractivity contribution in [2.75, 3.05) is 0 Å². The molecule has 0 N–H and O–H groups in total. The van der Waals surface area contributed by atoms with Crippen molar-refractivity contribution < 1.29 is 4.79 Å². The third-order valence-corrected chi connectivity index (χ3v) is 4.77. The van der Waals surface area contributed by atoms with E-state index in [9.17, 15) is 4.79 Å². The second-order valence-electron chi connectivity index (χ2n) is 5.05. The first-order chi connectivity index (χ1) is 8.63.